The molecule has 1 saturated heterocycles. The Morgan fingerprint density at radius 1 is 1.26 bits per heavy atom. The molecule has 3 fully saturated rings. The first kappa shape index (κ1) is 17.2. The van der Waals surface area contributed by atoms with E-state index in [4.69, 9.17) is 4.74 Å². The Hall–Kier alpha value is -0.650. The van der Waals surface area contributed by atoms with E-state index in [1.165, 1.54) is 32.1 Å². The van der Waals surface area contributed by atoms with Gasteiger partial charge in [-0.15, -0.1) is 0 Å². The Morgan fingerprint density at radius 2 is 2.04 bits per heavy atom. The molecule has 0 aromatic carbocycles. The van der Waals surface area contributed by atoms with Crippen molar-refractivity contribution < 1.29 is 9.53 Å². The summed E-state index contributed by atoms with van der Waals surface area (Å²) < 4.78 is 5.66. The van der Waals surface area contributed by atoms with Crippen molar-refractivity contribution in [3.8, 4) is 0 Å². The number of hydrogen-bond acceptors (Lipinski definition) is 4. The molecule has 2 N–H and O–H groups in total. The standard InChI is InChI=1S/C18H33N3O2/c1-21(2)17(22)18(8-3-4-9-18)13-20-15-7-5-6-14(15)16-12-23-11-10-19-16/h14-16,19-20H,3-13H2,1-2H3. The van der Waals surface area contributed by atoms with Gasteiger partial charge in [-0.2, -0.15) is 0 Å². The van der Waals surface area contributed by atoms with Crippen LogP contribution in [0.2, 0.25) is 0 Å². The van der Waals surface area contributed by atoms with E-state index in [9.17, 15) is 4.79 Å². The number of nitrogens with zero attached hydrogens (tertiary/aromatic N) is 1. The number of nitrogens with one attached hydrogen (secondary N) is 2. The van der Waals surface area contributed by atoms with Crippen molar-refractivity contribution in [1.29, 1.82) is 0 Å². The first-order valence-corrected chi connectivity index (χ1v) is 9.39. The summed E-state index contributed by atoms with van der Waals surface area (Å²) in [4.78, 5) is 14.5. The van der Waals surface area contributed by atoms with E-state index in [1.54, 1.807) is 4.90 Å². The van der Waals surface area contributed by atoms with E-state index in [-0.39, 0.29) is 5.41 Å². The van der Waals surface area contributed by atoms with E-state index < -0.39 is 0 Å². The van der Waals surface area contributed by atoms with Crippen LogP contribution in [0.5, 0.6) is 0 Å². The minimum absolute atomic E-state index is 0.160. The second-order valence-corrected chi connectivity index (χ2v) is 7.90. The Balaban J connectivity index is 1.60. The maximum absolute atomic E-state index is 12.7. The summed E-state index contributed by atoms with van der Waals surface area (Å²) in [5.74, 6) is 0.958. The normalized spacial score (nSPS) is 33.7. The molecule has 1 heterocycles. The molecule has 3 rings (SSSR count). The lowest BCUT2D eigenvalue weighted by Crippen LogP contribution is -2.53. The summed E-state index contributed by atoms with van der Waals surface area (Å²) in [5.41, 5.74) is -0.160. The van der Waals surface area contributed by atoms with Crippen molar-refractivity contribution in [2.75, 3.05) is 40.4 Å². The average Bonchev–Trinajstić information content (AvgIpc) is 3.23. The highest BCUT2D eigenvalue weighted by Gasteiger charge is 2.43. The van der Waals surface area contributed by atoms with Gasteiger partial charge in [0.1, 0.15) is 0 Å². The predicted octanol–water partition coefficient (Wildman–Crippen LogP) is 1.38. The van der Waals surface area contributed by atoms with Crippen LogP contribution in [0.3, 0.4) is 0 Å². The average molecular weight is 323 g/mol. The Labute approximate surface area is 140 Å². The Bertz CT molecular complexity index is 401. The smallest absolute Gasteiger partial charge is 0.229 e. The molecule has 23 heavy (non-hydrogen) atoms. The molecular weight excluding hydrogens is 290 g/mol. The van der Waals surface area contributed by atoms with Crippen LogP contribution in [0.15, 0.2) is 0 Å². The van der Waals surface area contributed by atoms with Crippen molar-refractivity contribution in [2.24, 2.45) is 11.3 Å². The van der Waals surface area contributed by atoms with Crippen molar-refractivity contribution in [1.82, 2.24) is 15.5 Å². The predicted molar refractivity (Wildman–Crippen MR) is 91.3 cm³/mol. The number of rotatable bonds is 5. The monoisotopic (exact) mass is 323 g/mol. The van der Waals surface area contributed by atoms with Crippen LogP contribution in [-0.4, -0.2) is 63.3 Å². The number of amides is 1. The van der Waals surface area contributed by atoms with Crippen LogP contribution in [-0.2, 0) is 9.53 Å². The molecule has 5 nitrogen and oxygen atoms in total. The van der Waals surface area contributed by atoms with Crippen LogP contribution in [0, 0.1) is 11.3 Å². The molecule has 5 heteroatoms. The quantitative estimate of drug-likeness (QED) is 0.803. The summed E-state index contributed by atoms with van der Waals surface area (Å²) in [6, 6.07) is 1.01. The lowest BCUT2D eigenvalue weighted by atomic mass is 9.83. The molecule has 2 aliphatic carbocycles. The number of hydrogen-bond donors (Lipinski definition) is 2. The van der Waals surface area contributed by atoms with Crippen molar-refractivity contribution in [2.45, 2.75) is 57.0 Å². The zero-order valence-electron chi connectivity index (χ0n) is 14.8. The van der Waals surface area contributed by atoms with E-state index >= 15 is 0 Å². The van der Waals surface area contributed by atoms with Gasteiger partial charge in [0.15, 0.2) is 0 Å². The molecule has 3 unspecified atom stereocenters. The van der Waals surface area contributed by atoms with Crippen molar-refractivity contribution in [3.63, 3.8) is 0 Å². The summed E-state index contributed by atoms with van der Waals surface area (Å²) in [7, 11) is 3.79. The third kappa shape index (κ3) is 3.72. The van der Waals surface area contributed by atoms with Crippen LogP contribution in [0.25, 0.3) is 0 Å². The van der Waals surface area contributed by atoms with E-state index in [2.05, 4.69) is 10.6 Å². The third-order valence-electron chi connectivity index (χ3n) is 6.16. The van der Waals surface area contributed by atoms with Gasteiger partial charge in [-0.1, -0.05) is 19.3 Å². The maximum atomic E-state index is 12.7. The molecule has 0 radical (unpaired) electrons. The van der Waals surface area contributed by atoms with E-state index in [1.807, 2.05) is 14.1 Å². The molecule has 0 spiro atoms. The molecule has 3 aliphatic rings. The fourth-order valence-electron chi connectivity index (χ4n) is 4.90. The second-order valence-electron chi connectivity index (χ2n) is 7.90. The molecule has 3 atom stereocenters. The molecule has 0 bridgehead atoms. The molecule has 1 amide bonds. The van der Waals surface area contributed by atoms with Crippen molar-refractivity contribution >= 4 is 5.91 Å². The zero-order valence-corrected chi connectivity index (χ0v) is 14.8. The third-order valence-corrected chi connectivity index (χ3v) is 6.16. The van der Waals surface area contributed by atoms with Crippen LogP contribution in [0.4, 0.5) is 0 Å². The summed E-state index contributed by atoms with van der Waals surface area (Å²) in [5, 5.41) is 7.43. The fourth-order valence-corrected chi connectivity index (χ4v) is 4.90. The number of carbonyl (C=O) groups is 1. The highest BCUT2D eigenvalue weighted by atomic mass is 16.5. The van der Waals surface area contributed by atoms with Gasteiger partial charge in [-0.05, 0) is 31.6 Å². The molecule has 0 aromatic heterocycles. The summed E-state index contributed by atoms with van der Waals surface area (Å²) in [6.45, 7) is 3.49. The van der Waals surface area contributed by atoms with Gasteiger partial charge in [-0.3, -0.25) is 4.79 Å². The number of ether oxygens (including phenoxy) is 1. The van der Waals surface area contributed by atoms with Gasteiger partial charge >= 0.3 is 0 Å². The molecular formula is C18H33N3O2. The first-order chi connectivity index (χ1) is 11.1. The summed E-state index contributed by atoms with van der Waals surface area (Å²) >= 11 is 0. The summed E-state index contributed by atoms with van der Waals surface area (Å²) in [6.07, 6.45) is 8.25. The highest BCUT2D eigenvalue weighted by Crippen LogP contribution is 2.40. The fraction of sp³-hybridized carbons (Fsp3) is 0.944. The van der Waals surface area contributed by atoms with Gasteiger partial charge in [0.2, 0.25) is 5.91 Å². The molecule has 2 saturated carbocycles. The van der Waals surface area contributed by atoms with Crippen molar-refractivity contribution in [3.05, 3.63) is 0 Å². The Kier molecular flexibility index (Phi) is 5.60. The minimum atomic E-state index is -0.160. The minimum Gasteiger partial charge on any atom is -0.379 e. The van der Waals surface area contributed by atoms with Gasteiger partial charge in [0.05, 0.1) is 18.6 Å². The number of carbonyl (C=O) groups excluding carboxylic acids is 1. The molecule has 132 valence electrons. The topological polar surface area (TPSA) is 53.6 Å². The number of morpholine rings is 1. The van der Waals surface area contributed by atoms with Gasteiger partial charge in [0.25, 0.3) is 0 Å². The molecule has 0 aromatic rings. The Morgan fingerprint density at radius 3 is 2.70 bits per heavy atom. The first-order valence-electron chi connectivity index (χ1n) is 9.39. The highest BCUT2D eigenvalue weighted by molar-refractivity contribution is 5.82. The van der Waals surface area contributed by atoms with Gasteiger partial charge in [-0.25, -0.2) is 0 Å². The lowest BCUT2D eigenvalue weighted by molar-refractivity contribution is -0.139. The second kappa shape index (κ2) is 7.49. The molecule has 1 aliphatic heterocycles. The SMILES string of the molecule is CN(C)C(=O)C1(CNC2CCCC2C2COCCN2)CCCC1. The van der Waals surface area contributed by atoms with Crippen LogP contribution >= 0.6 is 0 Å². The van der Waals surface area contributed by atoms with E-state index in [0.29, 0.717) is 23.9 Å². The van der Waals surface area contributed by atoms with Crippen LogP contribution < -0.4 is 10.6 Å². The van der Waals surface area contributed by atoms with E-state index in [0.717, 1.165) is 39.1 Å². The lowest BCUT2D eigenvalue weighted by Gasteiger charge is -2.36. The van der Waals surface area contributed by atoms with Gasteiger partial charge < -0.3 is 20.3 Å². The van der Waals surface area contributed by atoms with Crippen LogP contribution in [0.1, 0.15) is 44.9 Å². The zero-order chi connectivity index (χ0) is 16.3. The maximum Gasteiger partial charge on any atom is 0.229 e. The largest absolute Gasteiger partial charge is 0.379 e. The van der Waals surface area contributed by atoms with Gasteiger partial charge in [0, 0.05) is 39.3 Å².